The molecule has 0 atom stereocenters. The van der Waals surface area contributed by atoms with Crippen LogP contribution in [0.2, 0.25) is 0 Å². The summed E-state index contributed by atoms with van der Waals surface area (Å²) >= 11 is 0. The van der Waals surface area contributed by atoms with Crippen LogP contribution >= 0.6 is 0 Å². The van der Waals surface area contributed by atoms with Gasteiger partial charge in [-0.15, -0.1) is 5.10 Å². The van der Waals surface area contributed by atoms with Crippen molar-refractivity contribution in [3.63, 3.8) is 0 Å². The highest BCUT2D eigenvalue weighted by Crippen LogP contribution is 2.16. The van der Waals surface area contributed by atoms with E-state index in [1.807, 2.05) is 0 Å². The van der Waals surface area contributed by atoms with Crippen LogP contribution < -0.4 is 5.73 Å². The SMILES string of the molecule is Nc1ccn2nc(-c3ccnc(F)c3)nc2c1. The predicted molar refractivity (Wildman–Crippen MR) is 60.6 cm³/mol. The molecule has 84 valence electrons. The van der Waals surface area contributed by atoms with E-state index in [4.69, 9.17) is 5.73 Å². The summed E-state index contributed by atoms with van der Waals surface area (Å²) in [5.74, 6) is -0.113. The minimum absolute atomic E-state index is 0.442. The van der Waals surface area contributed by atoms with Crippen molar-refractivity contribution < 1.29 is 4.39 Å². The number of pyridine rings is 2. The summed E-state index contributed by atoms with van der Waals surface area (Å²) in [6.45, 7) is 0. The van der Waals surface area contributed by atoms with Gasteiger partial charge < -0.3 is 5.73 Å². The molecular formula is C11H8FN5. The van der Waals surface area contributed by atoms with Gasteiger partial charge in [0.2, 0.25) is 5.95 Å². The summed E-state index contributed by atoms with van der Waals surface area (Å²) in [6.07, 6.45) is 3.09. The Kier molecular flexibility index (Phi) is 2.01. The Hall–Kier alpha value is -2.50. The van der Waals surface area contributed by atoms with Crippen molar-refractivity contribution >= 4 is 11.3 Å². The monoisotopic (exact) mass is 229 g/mol. The second-order valence-electron chi connectivity index (χ2n) is 3.57. The van der Waals surface area contributed by atoms with Gasteiger partial charge in [-0.1, -0.05) is 0 Å². The number of hydrogen-bond acceptors (Lipinski definition) is 4. The molecule has 3 aromatic rings. The van der Waals surface area contributed by atoms with Crippen molar-refractivity contribution in [2.45, 2.75) is 0 Å². The topological polar surface area (TPSA) is 69.1 Å². The summed E-state index contributed by atoms with van der Waals surface area (Å²) in [7, 11) is 0. The van der Waals surface area contributed by atoms with E-state index in [0.29, 0.717) is 22.7 Å². The molecule has 0 aliphatic rings. The second-order valence-corrected chi connectivity index (χ2v) is 3.57. The number of fused-ring (bicyclic) bond motifs is 1. The van der Waals surface area contributed by atoms with Crippen LogP contribution in [0.3, 0.4) is 0 Å². The van der Waals surface area contributed by atoms with E-state index < -0.39 is 5.95 Å². The standard InChI is InChI=1S/C11H8FN5/c12-9-5-7(1-3-14-9)11-15-10-6-8(13)2-4-17(10)16-11/h1-6H,13H2. The Labute approximate surface area is 95.7 Å². The molecule has 5 nitrogen and oxygen atoms in total. The van der Waals surface area contributed by atoms with Crippen LogP contribution in [-0.2, 0) is 0 Å². The molecule has 0 saturated heterocycles. The van der Waals surface area contributed by atoms with Gasteiger partial charge in [0.15, 0.2) is 11.5 Å². The number of nitrogens with two attached hydrogens (primary N) is 1. The quantitative estimate of drug-likeness (QED) is 0.642. The molecule has 0 aliphatic carbocycles. The molecule has 0 unspecified atom stereocenters. The Morgan fingerprint density at radius 2 is 2.12 bits per heavy atom. The first-order chi connectivity index (χ1) is 8.22. The molecule has 6 heteroatoms. The van der Waals surface area contributed by atoms with Crippen molar-refractivity contribution in [3.05, 3.63) is 42.6 Å². The number of aromatic nitrogens is 4. The largest absolute Gasteiger partial charge is 0.399 e. The Morgan fingerprint density at radius 1 is 1.24 bits per heavy atom. The molecule has 2 N–H and O–H groups in total. The minimum Gasteiger partial charge on any atom is -0.399 e. The minimum atomic E-state index is -0.555. The number of hydrogen-bond donors (Lipinski definition) is 1. The molecule has 0 aromatic carbocycles. The Morgan fingerprint density at radius 3 is 2.94 bits per heavy atom. The highest BCUT2D eigenvalue weighted by molar-refractivity contribution is 5.59. The highest BCUT2D eigenvalue weighted by Gasteiger charge is 2.07. The number of nitrogen functional groups attached to an aromatic ring is 1. The molecular weight excluding hydrogens is 221 g/mol. The molecule has 0 aliphatic heterocycles. The molecule has 0 fully saturated rings. The third-order valence-corrected chi connectivity index (χ3v) is 2.35. The summed E-state index contributed by atoms with van der Waals surface area (Å²) in [5, 5.41) is 4.22. The third kappa shape index (κ3) is 1.69. The van der Waals surface area contributed by atoms with Crippen LogP contribution in [0.4, 0.5) is 10.1 Å². The zero-order valence-corrected chi connectivity index (χ0v) is 8.71. The molecule has 0 amide bonds. The van der Waals surface area contributed by atoms with Gasteiger partial charge in [0, 0.05) is 35.8 Å². The van der Waals surface area contributed by atoms with Crippen LogP contribution in [0.15, 0.2) is 36.7 Å². The molecule has 3 aromatic heterocycles. The zero-order chi connectivity index (χ0) is 11.8. The van der Waals surface area contributed by atoms with Gasteiger partial charge in [0.1, 0.15) is 0 Å². The molecule has 0 saturated carbocycles. The zero-order valence-electron chi connectivity index (χ0n) is 8.71. The van der Waals surface area contributed by atoms with E-state index in [9.17, 15) is 4.39 Å². The van der Waals surface area contributed by atoms with Crippen LogP contribution in [0.5, 0.6) is 0 Å². The van der Waals surface area contributed by atoms with E-state index in [0.717, 1.165) is 0 Å². The van der Waals surface area contributed by atoms with Gasteiger partial charge in [-0.3, -0.25) is 0 Å². The van der Waals surface area contributed by atoms with E-state index in [1.54, 1.807) is 28.9 Å². The maximum absolute atomic E-state index is 13.0. The second kappa shape index (κ2) is 3.51. The average molecular weight is 229 g/mol. The van der Waals surface area contributed by atoms with Crippen LogP contribution in [-0.4, -0.2) is 19.6 Å². The molecule has 17 heavy (non-hydrogen) atoms. The van der Waals surface area contributed by atoms with Gasteiger partial charge in [0.05, 0.1) is 0 Å². The molecule has 0 radical (unpaired) electrons. The molecule has 3 heterocycles. The summed E-state index contributed by atoms with van der Waals surface area (Å²) in [5.41, 5.74) is 7.46. The van der Waals surface area contributed by atoms with E-state index in [-0.39, 0.29) is 0 Å². The lowest BCUT2D eigenvalue weighted by molar-refractivity contribution is 0.584. The van der Waals surface area contributed by atoms with E-state index in [2.05, 4.69) is 15.1 Å². The Balaban J connectivity index is 2.18. The van der Waals surface area contributed by atoms with Crippen LogP contribution in [0, 0.1) is 5.95 Å². The summed E-state index contributed by atoms with van der Waals surface area (Å²) in [6, 6.07) is 6.37. The van der Waals surface area contributed by atoms with Gasteiger partial charge in [-0.05, 0) is 12.1 Å². The maximum Gasteiger partial charge on any atom is 0.213 e. The first-order valence-electron chi connectivity index (χ1n) is 4.96. The molecule has 0 bridgehead atoms. The maximum atomic E-state index is 13.0. The van der Waals surface area contributed by atoms with Gasteiger partial charge in [-0.2, -0.15) is 4.39 Å². The number of nitrogens with zero attached hydrogens (tertiary/aromatic N) is 4. The van der Waals surface area contributed by atoms with E-state index >= 15 is 0 Å². The van der Waals surface area contributed by atoms with Crippen molar-refractivity contribution in [1.82, 2.24) is 19.6 Å². The lowest BCUT2D eigenvalue weighted by atomic mass is 10.2. The summed E-state index contributed by atoms with van der Waals surface area (Å²) < 4.78 is 14.6. The lowest BCUT2D eigenvalue weighted by Gasteiger charge is -1.92. The summed E-state index contributed by atoms with van der Waals surface area (Å²) in [4.78, 5) is 7.75. The van der Waals surface area contributed by atoms with Crippen molar-refractivity contribution in [2.75, 3.05) is 5.73 Å². The first kappa shape index (κ1) is 9.71. The fraction of sp³-hybridized carbons (Fsp3) is 0. The first-order valence-corrected chi connectivity index (χ1v) is 4.96. The average Bonchev–Trinajstić information content (AvgIpc) is 2.72. The van der Waals surface area contributed by atoms with Crippen molar-refractivity contribution in [3.8, 4) is 11.4 Å². The number of halogens is 1. The molecule has 3 rings (SSSR count). The highest BCUT2D eigenvalue weighted by atomic mass is 19.1. The fourth-order valence-electron chi connectivity index (χ4n) is 1.56. The fourth-order valence-corrected chi connectivity index (χ4v) is 1.56. The normalized spacial score (nSPS) is 10.9. The van der Waals surface area contributed by atoms with E-state index in [1.165, 1.54) is 12.3 Å². The van der Waals surface area contributed by atoms with Crippen LogP contribution in [0.25, 0.3) is 17.0 Å². The third-order valence-electron chi connectivity index (χ3n) is 2.35. The lowest BCUT2D eigenvalue weighted by Crippen LogP contribution is -1.90. The number of rotatable bonds is 1. The number of anilines is 1. The van der Waals surface area contributed by atoms with Gasteiger partial charge in [0.25, 0.3) is 0 Å². The Bertz CT molecular complexity index is 691. The predicted octanol–water partition coefficient (Wildman–Crippen LogP) is 1.51. The van der Waals surface area contributed by atoms with Gasteiger partial charge in [-0.25, -0.2) is 14.5 Å². The van der Waals surface area contributed by atoms with Crippen molar-refractivity contribution in [1.29, 1.82) is 0 Å². The van der Waals surface area contributed by atoms with Crippen LogP contribution in [0.1, 0.15) is 0 Å². The van der Waals surface area contributed by atoms with Crippen molar-refractivity contribution in [2.24, 2.45) is 0 Å². The van der Waals surface area contributed by atoms with Gasteiger partial charge >= 0.3 is 0 Å². The molecule has 0 spiro atoms. The smallest absolute Gasteiger partial charge is 0.213 e.